The van der Waals surface area contributed by atoms with E-state index in [9.17, 15) is 0 Å². The summed E-state index contributed by atoms with van der Waals surface area (Å²) in [6, 6.07) is 7.92. The fourth-order valence-corrected chi connectivity index (χ4v) is 0.930. The van der Waals surface area contributed by atoms with Gasteiger partial charge in [0.2, 0.25) is 0 Å². The van der Waals surface area contributed by atoms with E-state index in [0.717, 1.165) is 5.75 Å². The molecule has 0 aromatic heterocycles. The molecule has 3 heteroatoms. The van der Waals surface area contributed by atoms with Gasteiger partial charge in [-0.1, -0.05) is 14.9 Å². The maximum atomic E-state index is 4.97. The summed E-state index contributed by atoms with van der Waals surface area (Å²) in [5, 5.41) is 0. The molecule has 0 aliphatic heterocycles. The van der Waals surface area contributed by atoms with Gasteiger partial charge in [0, 0.05) is 3.57 Å². The summed E-state index contributed by atoms with van der Waals surface area (Å²) in [6.07, 6.45) is 0. The van der Waals surface area contributed by atoms with Crippen LogP contribution in [0.2, 0.25) is 0 Å². The molecular formula is C10H18ILiO. The van der Waals surface area contributed by atoms with Crippen molar-refractivity contribution in [2.24, 2.45) is 0 Å². The predicted molar refractivity (Wildman–Crippen MR) is 65.6 cm³/mol. The van der Waals surface area contributed by atoms with Crippen molar-refractivity contribution >= 4 is 22.6 Å². The van der Waals surface area contributed by atoms with Gasteiger partial charge in [-0.05, 0) is 46.9 Å². The Morgan fingerprint density at radius 3 is 1.77 bits per heavy atom. The number of methoxy groups -OCH3 is 1. The van der Waals surface area contributed by atoms with E-state index >= 15 is 0 Å². The van der Waals surface area contributed by atoms with Gasteiger partial charge in [0.05, 0.1) is 7.11 Å². The van der Waals surface area contributed by atoms with E-state index in [4.69, 9.17) is 4.74 Å². The van der Waals surface area contributed by atoms with Crippen molar-refractivity contribution in [2.75, 3.05) is 7.11 Å². The minimum Gasteiger partial charge on any atom is -0.497 e. The van der Waals surface area contributed by atoms with Gasteiger partial charge in [0.1, 0.15) is 5.75 Å². The van der Waals surface area contributed by atoms with Crippen LogP contribution in [0.25, 0.3) is 0 Å². The van der Waals surface area contributed by atoms with Crippen LogP contribution in [0.1, 0.15) is 14.9 Å². The second-order valence-electron chi connectivity index (χ2n) is 1.66. The van der Waals surface area contributed by atoms with Gasteiger partial charge in [0.15, 0.2) is 0 Å². The molecule has 0 amide bonds. The fraction of sp³-hybridized carbons (Fsp3) is 0.300. The van der Waals surface area contributed by atoms with E-state index in [1.54, 1.807) is 7.11 Å². The molecule has 13 heavy (non-hydrogen) atoms. The van der Waals surface area contributed by atoms with Crippen molar-refractivity contribution < 1.29 is 23.6 Å². The first-order valence-electron chi connectivity index (χ1n) is 2.62. The first-order valence-corrected chi connectivity index (χ1v) is 3.70. The van der Waals surface area contributed by atoms with Crippen molar-refractivity contribution in [1.82, 2.24) is 0 Å². The van der Waals surface area contributed by atoms with Crippen LogP contribution >= 0.6 is 22.6 Å². The maximum absolute atomic E-state index is 4.97. The number of hydrogen-bond acceptors (Lipinski definition) is 1. The van der Waals surface area contributed by atoms with E-state index in [-0.39, 0.29) is 41.1 Å². The van der Waals surface area contributed by atoms with Crippen LogP contribution in [-0.2, 0) is 0 Å². The van der Waals surface area contributed by atoms with E-state index in [2.05, 4.69) is 22.6 Å². The first-order chi connectivity index (χ1) is 4.33. The third kappa shape index (κ3) is 8.67. The van der Waals surface area contributed by atoms with Gasteiger partial charge in [0.25, 0.3) is 0 Å². The number of halogens is 1. The molecule has 0 bridgehead atoms. The molecular weight excluding hydrogens is 270 g/mol. The molecule has 0 unspecified atom stereocenters. The molecule has 72 valence electrons. The molecule has 0 heterocycles. The quantitative estimate of drug-likeness (QED) is 0.426. The molecule has 0 aliphatic rings. The zero-order valence-corrected chi connectivity index (χ0v) is 9.25. The fourth-order valence-electron chi connectivity index (χ4n) is 0.571. The summed E-state index contributed by atoms with van der Waals surface area (Å²) >= 11 is 2.26. The normalized spacial score (nSPS) is 6.31. The van der Waals surface area contributed by atoms with Crippen LogP contribution in [0, 0.1) is 11.0 Å². The summed E-state index contributed by atoms with van der Waals surface area (Å²) in [4.78, 5) is 0. The van der Waals surface area contributed by atoms with Gasteiger partial charge < -0.3 is 12.2 Å². The number of rotatable bonds is 1. The summed E-state index contributed by atoms with van der Waals surface area (Å²) < 4.78 is 6.20. The molecule has 0 spiro atoms. The molecule has 1 rings (SSSR count). The third-order valence-electron chi connectivity index (χ3n) is 1.05. The van der Waals surface area contributed by atoms with Gasteiger partial charge in [-0.25, -0.2) is 0 Å². The Hall–Kier alpha value is 0.347. The molecule has 1 aromatic carbocycles. The van der Waals surface area contributed by atoms with Crippen LogP contribution in [0.3, 0.4) is 0 Å². The van der Waals surface area contributed by atoms with Crippen LogP contribution in [-0.4, -0.2) is 7.11 Å². The number of ether oxygens (including phenoxy) is 1. The molecule has 0 saturated carbocycles. The molecule has 0 N–H and O–H groups in total. The second-order valence-corrected chi connectivity index (χ2v) is 2.90. The first kappa shape index (κ1) is 23.3. The maximum Gasteiger partial charge on any atom is 1.00 e. The summed E-state index contributed by atoms with van der Waals surface area (Å²) in [5.41, 5.74) is 0. The van der Waals surface area contributed by atoms with Crippen molar-refractivity contribution in [3.63, 3.8) is 0 Å². The Morgan fingerprint density at radius 2 is 1.46 bits per heavy atom. The minimum atomic E-state index is 0. The van der Waals surface area contributed by atoms with Crippen molar-refractivity contribution in [1.29, 1.82) is 0 Å². The van der Waals surface area contributed by atoms with Crippen LogP contribution in [0.5, 0.6) is 5.75 Å². The van der Waals surface area contributed by atoms with Crippen molar-refractivity contribution in [3.8, 4) is 5.75 Å². The number of benzene rings is 1. The summed E-state index contributed by atoms with van der Waals surface area (Å²) in [6.45, 7) is 0. The largest absolute Gasteiger partial charge is 1.00 e. The van der Waals surface area contributed by atoms with Crippen molar-refractivity contribution in [2.45, 2.75) is 14.9 Å². The van der Waals surface area contributed by atoms with Gasteiger partial charge >= 0.3 is 18.9 Å². The molecule has 1 aromatic rings. The molecule has 0 atom stereocenters. The van der Waals surface area contributed by atoms with E-state index in [1.807, 2.05) is 24.3 Å². The van der Waals surface area contributed by atoms with Gasteiger partial charge in [-0.2, -0.15) is 0 Å². The van der Waals surface area contributed by atoms with Crippen molar-refractivity contribution in [3.05, 3.63) is 35.3 Å². The Kier molecular flexibility index (Phi) is 22.1. The van der Waals surface area contributed by atoms with E-state index in [0.29, 0.717) is 0 Å². The smallest absolute Gasteiger partial charge is 0.497 e. The predicted octanol–water partition coefficient (Wildman–Crippen LogP) is 1.03. The average molecular weight is 288 g/mol. The summed E-state index contributed by atoms with van der Waals surface area (Å²) in [5.74, 6) is 0.912. The summed E-state index contributed by atoms with van der Waals surface area (Å²) in [7, 11) is 1.67. The van der Waals surface area contributed by atoms with Gasteiger partial charge in [-0.3, -0.25) is 0 Å². The monoisotopic (exact) mass is 288 g/mol. The Balaban J connectivity index is -0.000000101. The van der Waals surface area contributed by atoms with E-state index < -0.39 is 0 Å². The van der Waals surface area contributed by atoms with E-state index in [1.165, 1.54) is 3.57 Å². The Bertz CT molecular complexity index is 187. The zero-order chi connectivity index (χ0) is 6.69. The Labute approximate surface area is 109 Å². The van der Waals surface area contributed by atoms with Crippen LogP contribution < -0.4 is 23.6 Å². The molecule has 0 fully saturated rings. The third-order valence-corrected chi connectivity index (χ3v) is 1.77. The zero-order valence-electron chi connectivity index (χ0n) is 7.10. The molecule has 0 radical (unpaired) electrons. The Morgan fingerprint density at radius 1 is 1.08 bits per heavy atom. The molecule has 0 saturated heterocycles. The molecule has 0 aliphatic carbocycles. The second kappa shape index (κ2) is 12.3. The average Bonchev–Trinajstić information content (AvgIpc) is 1.90. The van der Waals surface area contributed by atoms with Gasteiger partial charge in [-0.15, -0.1) is 0 Å². The molecule has 1 nitrogen and oxygen atoms in total. The minimum absolute atomic E-state index is 0. The van der Waals surface area contributed by atoms with Crippen LogP contribution in [0.15, 0.2) is 24.3 Å². The van der Waals surface area contributed by atoms with Crippen LogP contribution in [0.4, 0.5) is 0 Å². The number of hydrogen-bond donors (Lipinski definition) is 0. The standard InChI is InChI=1S/C7H7IO.2CH4.CH3.Li/c1-9-7-4-2-6(8)3-5-7;;;;/h2-5H,1H3;2*1H4;1H3;/q;;;-1;+1. The topological polar surface area (TPSA) is 9.23 Å². The SMILES string of the molecule is C.C.COc1ccc(I)cc1.[CH3-].[Li+].